The van der Waals surface area contributed by atoms with Gasteiger partial charge in [-0.25, -0.2) is 0 Å². The molecule has 1 saturated carbocycles. The number of hydrogen-bond donors (Lipinski definition) is 2. The average molecular weight is 285 g/mol. The Morgan fingerprint density at radius 1 is 1.40 bits per heavy atom. The molecule has 0 radical (unpaired) electrons. The van der Waals surface area contributed by atoms with Crippen LogP contribution in [0.5, 0.6) is 5.75 Å². The number of alkyl halides is 2. The van der Waals surface area contributed by atoms with Crippen molar-refractivity contribution in [3.63, 3.8) is 0 Å². The fraction of sp³-hybridized carbons (Fsp3) is 0.600. The van der Waals surface area contributed by atoms with Crippen LogP contribution in [-0.4, -0.2) is 24.4 Å². The predicted octanol–water partition coefficient (Wildman–Crippen LogP) is 2.93. The topological polar surface area (TPSA) is 41.5 Å². The van der Waals surface area contributed by atoms with Gasteiger partial charge in [0.25, 0.3) is 0 Å². The van der Waals surface area contributed by atoms with Crippen molar-refractivity contribution in [3.8, 4) is 5.75 Å². The molecule has 1 aromatic rings. The van der Waals surface area contributed by atoms with Crippen molar-refractivity contribution in [2.24, 2.45) is 5.41 Å². The molecule has 0 aliphatic heterocycles. The van der Waals surface area contributed by atoms with Crippen LogP contribution in [0.2, 0.25) is 0 Å². The summed E-state index contributed by atoms with van der Waals surface area (Å²) >= 11 is 0. The van der Waals surface area contributed by atoms with Crippen LogP contribution < -0.4 is 10.1 Å². The summed E-state index contributed by atoms with van der Waals surface area (Å²) in [7, 11) is 0. The first-order valence-corrected chi connectivity index (χ1v) is 6.91. The molecule has 2 rings (SSSR count). The molecule has 20 heavy (non-hydrogen) atoms. The van der Waals surface area contributed by atoms with Crippen LogP contribution in [0, 0.1) is 5.41 Å². The molecule has 0 spiro atoms. The van der Waals surface area contributed by atoms with Crippen molar-refractivity contribution in [3.05, 3.63) is 29.8 Å². The molecule has 0 amide bonds. The third-order valence-electron chi connectivity index (χ3n) is 4.14. The van der Waals surface area contributed by atoms with Crippen LogP contribution in [0.15, 0.2) is 24.3 Å². The number of rotatable bonds is 6. The largest absolute Gasteiger partial charge is 0.435 e. The third-order valence-corrected chi connectivity index (χ3v) is 4.14. The number of nitrogens with one attached hydrogen (secondary N) is 1. The van der Waals surface area contributed by atoms with E-state index in [1.165, 1.54) is 0 Å². The van der Waals surface area contributed by atoms with E-state index in [0.717, 1.165) is 24.8 Å². The Morgan fingerprint density at radius 2 is 2.10 bits per heavy atom. The summed E-state index contributed by atoms with van der Waals surface area (Å²) in [6, 6.07) is 6.93. The number of ether oxygens (including phenoxy) is 1. The number of aliphatic hydroxyl groups is 1. The van der Waals surface area contributed by atoms with Gasteiger partial charge >= 0.3 is 6.61 Å². The highest BCUT2D eigenvalue weighted by molar-refractivity contribution is 5.27. The Bertz CT molecular complexity index is 424. The molecular formula is C15H21F2NO2. The zero-order valence-electron chi connectivity index (χ0n) is 11.6. The molecule has 0 saturated heterocycles. The van der Waals surface area contributed by atoms with Crippen LogP contribution in [0.1, 0.15) is 31.7 Å². The summed E-state index contributed by atoms with van der Waals surface area (Å²) in [6.07, 6.45) is 3.21. The first kappa shape index (κ1) is 15.2. The van der Waals surface area contributed by atoms with Crippen LogP contribution in [0.4, 0.5) is 8.78 Å². The van der Waals surface area contributed by atoms with Gasteiger partial charge in [-0.2, -0.15) is 8.78 Å². The summed E-state index contributed by atoms with van der Waals surface area (Å²) in [5, 5.41) is 12.9. The summed E-state index contributed by atoms with van der Waals surface area (Å²) in [4.78, 5) is 0. The van der Waals surface area contributed by atoms with Gasteiger partial charge in [-0.05, 0) is 30.5 Å². The Hall–Kier alpha value is -1.20. The summed E-state index contributed by atoms with van der Waals surface area (Å²) in [6.45, 7) is 0.154. The molecule has 1 aliphatic rings. The van der Waals surface area contributed by atoms with Crippen molar-refractivity contribution >= 4 is 0 Å². The maximum atomic E-state index is 12.0. The second kappa shape index (κ2) is 6.50. The lowest BCUT2D eigenvalue weighted by molar-refractivity contribution is -0.0498. The van der Waals surface area contributed by atoms with E-state index in [1.807, 2.05) is 0 Å². The average Bonchev–Trinajstić information content (AvgIpc) is 2.79. The van der Waals surface area contributed by atoms with E-state index in [2.05, 4.69) is 17.0 Å². The molecule has 0 aromatic heterocycles. The minimum absolute atomic E-state index is 0.0568. The highest BCUT2D eigenvalue weighted by Gasteiger charge is 2.37. The molecule has 1 fully saturated rings. The van der Waals surface area contributed by atoms with Crippen molar-refractivity contribution < 1.29 is 18.6 Å². The number of aliphatic hydroxyl groups excluding tert-OH is 1. The second-order valence-electron chi connectivity index (χ2n) is 5.66. The lowest BCUT2D eigenvalue weighted by atomic mass is 9.86. The van der Waals surface area contributed by atoms with Gasteiger partial charge in [-0.3, -0.25) is 0 Å². The van der Waals surface area contributed by atoms with Crippen molar-refractivity contribution in [1.29, 1.82) is 0 Å². The molecule has 2 N–H and O–H groups in total. The smallest absolute Gasteiger partial charge is 0.387 e. The van der Waals surface area contributed by atoms with Gasteiger partial charge in [0.05, 0.1) is 0 Å². The zero-order chi connectivity index (χ0) is 14.6. The number of benzene rings is 1. The predicted molar refractivity (Wildman–Crippen MR) is 72.7 cm³/mol. The fourth-order valence-corrected chi connectivity index (χ4v) is 2.80. The first-order chi connectivity index (χ1) is 9.53. The molecule has 1 aliphatic carbocycles. The van der Waals surface area contributed by atoms with Crippen LogP contribution in [0.25, 0.3) is 0 Å². The molecule has 5 heteroatoms. The number of hydrogen-bond acceptors (Lipinski definition) is 3. The molecular weight excluding hydrogens is 264 g/mol. The van der Waals surface area contributed by atoms with Crippen molar-refractivity contribution in [1.82, 2.24) is 5.32 Å². The van der Waals surface area contributed by atoms with E-state index in [-0.39, 0.29) is 17.8 Å². The SMILES string of the molecule is CC1(CO)CCCC1NCc1ccc(OC(F)F)cc1. The minimum Gasteiger partial charge on any atom is -0.435 e. The van der Waals surface area contributed by atoms with E-state index < -0.39 is 6.61 Å². The molecule has 3 nitrogen and oxygen atoms in total. The Morgan fingerprint density at radius 3 is 2.70 bits per heavy atom. The maximum Gasteiger partial charge on any atom is 0.387 e. The number of halogens is 2. The minimum atomic E-state index is -2.79. The second-order valence-corrected chi connectivity index (χ2v) is 5.66. The van der Waals surface area contributed by atoms with Gasteiger partial charge in [0.15, 0.2) is 0 Å². The highest BCUT2D eigenvalue weighted by atomic mass is 19.3. The zero-order valence-corrected chi connectivity index (χ0v) is 11.6. The Labute approximate surface area is 117 Å². The lowest BCUT2D eigenvalue weighted by Crippen LogP contribution is -2.41. The van der Waals surface area contributed by atoms with Gasteiger partial charge in [-0.1, -0.05) is 25.5 Å². The van der Waals surface area contributed by atoms with Gasteiger partial charge in [0.1, 0.15) is 5.75 Å². The summed E-state index contributed by atoms with van der Waals surface area (Å²) in [5.41, 5.74) is 0.956. The molecule has 1 aromatic carbocycles. The van der Waals surface area contributed by atoms with Gasteiger partial charge in [0.2, 0.25) is 0 Å². The maximum absolute atomic E-state index is 12.0. The van der Waals surface area contributed by atoms with Crippen molar-refractivity contribution in [2.45, 2.75) is 45.4 Å². The highest BCUT2D eigenvalue weighted by Crippen LogP contribution is 2.37. The molecule has 0 heterocycles. The third kappa shape index (κ3) is 3.67. The summed E-state index contributed by atoms with van der Waals surface area (Å²) in [5.74, 6) is 0.171. The van der Waals surface area contributed by atoms with E-state index in [0.29, 0.717) is 12.6 Å². The Kier molecular flexibility index (Phi) is 4.94. The first-order valence-electron chi connectivity index (χ1n) is 6.91. The fourth-order valence-electron chi connectivity index (χ4n) is 2.80. The van der Waals surface area contributed by atoms with E-state index in [9.17, 15) is 13.9 Å². The molecule has 112 valence electrons. The van der Waals surface area contributed by atoms with Gasteiger partial charge in [-0.15, -0.1) is 0 Å². The van der Waals surface area contributed by atoms with Crippen LogP contribution >= 0.6 is 0 Å². The van der Waals surface area contributed by atoms with Crippen LogP contribution in [-0.2, 0) is 6.54 Å². The van der Waals surface area contributed by atoms with E-state index in [4.69, 9.17) is 0 Å². The van der Waals surface area contributed by atoms with Crippen molar-refractivity contribution in [2.75, 3.05) is 6.61 Å². The Balaban J connectivity index is 1.88. The van der Waals surface area contributed by atoms with Gasteiger partial charge in [0, 0.05) is 24.6 Å². The van der Waals surface area contributed by atoms with Gasteiger partial charge < -0.3 is 15.2 Å². The monoisotopic (exact) mass is 285 g/mol. The molecule has 0 bridgehead atoms. The molecule has 2 unspecified atom stereocenters. The quantitative estimate of drug-likeness (QED) is 0.844. The summed E-state index contributed by atoms with van der Waals surface area (Å²) < 4.78 is 28.4. The van der Waals surface area contributed by atoms with E-state index >= 15 is 0 Å². The standard InChI is InChI=1S/C15H21F2NO2/c1-15(10-19)8-2-3-13(15)18-9-11-4-6-12(7-5-11)20-14(16)17/h4-7,13-14,18-19H,2-3,8-10H2,1H3. The van der Waals surface area contributed by atoms with Crippen LogP contribution in [0.3, 0.4) is 0 Å². The lowest BCUT2D eigenvalue weighted by Gasteiger charge is -2.30. The normalized spacial score (nSPS) is 26.1. The van der Waals surface area contributed by atoms with E-state index in [1.54, 1.807) is 24.3 Å². The molecule has 2 atom stereocenters.